The summed E-state index contributed by atoms with van der Waals surface area (Å²) in [6.45, 7) is 0.137. The fourth-order valence-corrected chi connectivity index (χ4v) is 1.60. The number of hydrogen-bond donors (Lipinski definition) is 2. The Hall–Kier alpha value is -1.79. The second-order valence-corrected chi connectivity index (χ2v) is 3.60. The lowest BCUT2D eigenvalue weighted by Crippen LogP contribution is -1.95. The lowest BCUT2D eigenvalue weighted by Gasteiger charge is -2.07. The van der Waals surface area contributed by atoms with Gasteiger partial charge in [-0.05, 0) is 12.1 Å². The van der Waals surface area contributed by atoms with Crippen molar-refractivity contribution in [2.24, 2.45) is 5.73 Å². The molecule has 2 rings (SSSR count). The zero-order valence-electron chi connectivity index (χ0n) is 8.98. The van der Waals surface area contributed by atoms with Gasteiger partial charge in [-0.1, -0.05) is 16.8 Å². The summed E-state index contributed by atoms with van der Waals surface area (Å²) in [5.41, 5.74) is 5.73. The van der Waals surface area contributed by atoms with Crippen LogP contribution in [0.15, 0.2) is 16.7 Å². The van der Waals surface area contributed by atoms with Gasteiger partial charge in [-0.15, -0.1) is 0 Å². The Balaban J connectivity index is 2.52. The fraction of sp³-hybridized carbons (Fsp3) is 0.200. The maximum Gasteiger partial charge on any atom is 0.240 e. The molecule has 1 heterocycles. The van der Waals surface area contributed by atoms with E-state index in [9.17, 15) is 5.11 Å². The zero-order chi connectivity index (χ0) is 12.4. The molecule has 0 aliphatic rings. The summed E-state index contributed by atoms with van der Waals surface area (Å²) in [7, 11) is 1.41. The maximum atomic E-state index is 9.94. The predicted molar refractivity (Wildman–Crippen MR) is 60.9 cm³/mol. The molecular formula is C10H10ClN3O3. The van der Waals surface area contributed by atoms with E-state index in [0.717, 1.165) is 0 Å². The number of nitrogens with two attached hydrogens (primary N) is 1. The van der Waals surface area contributed by atoms with Crippen molar-refractivity contribution in [2.45, 2.75) is 6.54 Å². The Morgan fingerprint density at radius 1 is 1.53 bits per heavy atom. The Kier molecular flexibility index (Phi) is 3.16. The van der Waals surface area contributed by atoms with Gasteiger partial charge in [-0.2, -0.15) is 4.98 Å². The first-order valence-corrected chi connectivity index (χ1v) is 5.13. The second-order valence-electron chi connectivity index (χ2n) is 3.19. The fourth-order valence-electron chi connectivity index (χ4n) is 1.37. The summed E-state index contributed by atoms with van der Waals surface area (Å²) < 4.78 is 9.83. The molecule has 0 amide bonds. The number of rotatable bonds is 3. The molecule has 0 saturated heterocycles. The Morgan fingerprint density at radius 2 is 2.29 bits per heavy atom. The van der Waals surface area contributed by atoms with Crippen molar-refractivity contribution in [1.29, 1.82) is 0 Å². The lowest BCUT2D eigenvalue weighted by molar-refractivity contribution is 0.372. The third kappa shape index (κ3) is 2.04. The molecule has 3 N–H and O–H groups in total. The van der Waals surface area contributed by atoms with Crippen LogP contribution in [0, 0.1) is 0 Å². The van der Waals surface area contributed by atoms with E-state index in [0.29, 0.717) is 10.6 Å². The minimum Gasteiger partial charge on any atom is -0.504 e. The van der Waals surface area contributed by atoms with Crippen molar-refractivity contribution in [3.63, 3.8) is 0 Å². The van der Waals surface area contributed by atoms with Crippen LogP contribution in [0.3, 0.4) is 0 Å². The number of nitrogens with zero attached hydrogens (tertiary/aromatic N) is 2. The number of phenols is 1. The first kappa shape index (κ1) is 11.7. The zero-order valence-corrected chi connectivity index (χ0v) is 9.73. The average molecular weight is 256 g/mol. The van der Waals surface area contributed by atoms with E-state index in [1.165, 1.54) is 7.11 Å². The van der Waals surface area contributed by atoms with Crippen molar-refractivity contribution in [1.82, 2.24) is 10.1 Å². The summed E-state index contributed by atoms with van der Waals surface area (Å²) in [5, 5.41) is 13.9. The normalized spacial score (nSPS) is 10.5. The molecule has 0 atom stereocenters. The highest BCUT2D eigenvalue weighted by atomic mass is 35.5. The molecule has 0 radical (unpaired) electrons. The summed E-state index contributed by atoms with van der Waals surface area (Å²) in [5.74, 6) is 0.555. The number of hydrogen-bond acceptors (Lipinski definition) is 6. The first-order chi connectivity index (χ1) is 8.17. The lowest BCUT2D eigenvalue weighted by atomic mass is 10.2. The molecular weight excluding hydrogens is 246 g/mol. The maximum absolute atomic E-state index is 9.94. The van der Waals surface area contributed by atoms with Crippen molar-refractivity contribution < 1.29 is 14.4 Å². The molecule has 17 heavy (non-hydrogen) atoms. The Morgan fingerprint density at radius 3 is 2.88 bits per heavy atom. The summed E-state index contributed by atoms with van der Waals surface area (Å²) in [4.78, 5) is 4.00. The van der Waals surface area contributed by atoms with E-state index in [1.54, 1.807) is 12.1 Å². The molecule has 6 nitrogen and oxygen atoms in total. The quantitative estimate of drug-likeness (QED) is 0.864. The van der Waals surface area contributed by atoms with Gasteiger partial charge in [0.05, 0.1) is 24.2 Å². The topological polar surface area (TPSA) is 94.4 Å². The third-order valence-corrected chi connectivity index (χ3v) is 2.47. The van der Waals surface area contributed by atoms with Gasteiger partial charge in [0.25, 0.3) is 0 Å². The van der Waals surface area contributed by atoms with E-state index in [1.807, 2.05) is 0 Å². The summed E-state index contributed by atoms with van der Waals surface area (Å²) in [6, 6.07) is 3.15. The summed E-state index contributed by atoms with van der Waals surface area (Å²) in [6.07, 6.45) is 0. The number of methoxy groups -OCH3 is 1. The molecule has 0 aliphatic carbocycles. The monoisotopic (exact) mass is 255 g/mol. The highest BCUT2D eigenvalue weighted by Gasteiger charge is 2.17. The molecule has 2 aromatic rings. The number of benzene rings is 1. The SMILES string of the molecule is COc1c(Cl)ccc(-c2noc(CN)n2)c1O. The van der Waals surface area contributed by atoms with Crippen molar-refractivity contribution in [3.8, 4) is 22.9 Å². The van der Waals surface area contributed by atoms with Crippen LogP contribution in [0.25, 0.3) is 11.4 Å². The standard InChI is InChI=1S/C10H10ClN3O3/c1-16-9-6(11)3-2-5(8(9)15)10-13-7(4-12)17-14-10/h2-3,15H,4,12H2,1H3. The van der Waals surface area contributed by atoms with Crippen LogP contribution in [0.1, 0.15) is 5.89 Å². The first-order valence-electron chi connectivity index (χ1n) is 4.75. The van der Waals surface area contributed by atoms with E-state index < -0.39 is 0 Å². The van der Waals surface area contributed by atoms with Gasteiger partial charge >= 0.3 is 0 Å². The Bertz CT molecular complexity index is 542. The average Bonchev–Trinajstić information content (AvgIpc) is 2.78. The van der Waals surface area contributed by atoms with Crippen LogP contribution in [-0.2, 0) is 6.54 Å². The van der Waals surface area contributed by atoms with E-state index >= 15 is 0 Å². The molecule has 0 saturated carbocycles. The predicted octanol–water partition coefficient (Wildman–Crippen LogP) is 1.56. The van der Waals surface area contributed by atoms with Crippen molar-refractivity contribution >= 4 is 11.6 Å². The van der Waals surface area contributed by atoms with Crippen molar-refractivity contribution in [3.05, 3.63) is 23.0 Å². The van der Waals surface area contributed by atoms with E-state index in [-0.39, 0.29) is 29.8 Å². The minimum atomic E-state index is -0.135. The van der Waals surface area contributed by atoms with Crippen LogP contribution in [0.2, 0.25) is 5.02 Å². The number of aromatic hydroxyl groups is 1. The number of ether oxygens (including phenoxy) is 1. The molecule has 0 fully saturated rings. The van der Waals surface area contributed by atoms with Crippen molar-refractivity contribution in [2.75, 3.05) is 7.11 Å². The molecule has 90 valence electrons. The molecule has 7 heteroatoms. The molecule has 0 unspecified atom stereocenters. The molecule has 1 aromatic carbocycles. The second kappa shape index (κ2) is 4.60. The number of aromatic nitrogens is 2. The van der Waals surface area contributed by atoms with Gasteiger partial charge in [0.1, 0.15) is 0 Å². The van der Waals surface area contributed by atoms with Crippen LogP contribution < -0.4 is 10.5 Å². The smallest absolute Gasteiger partial charge is 0.240 e. The van der Waals surface area contributed by atoms with E-state index in [2.05, 4.69) is 10.1 Å². The van der Waals surface area contributed by atoms with Gasteiger partial charge in [-0.3, -0.25) is 0 Å². The third-order valence-electron chi connectivity index (χ3n) is 2.17. The molecule has 0 bridgehead atoms. The van der Waals surface area contributed by atoms with Crippen LogP contribution in [0.5, 0.6) is 11.5 Å². The highest BCUT2D eigenvalue weighted by molar-refractivity contribution is 6.32. The largest absolute Gasteiger partial charge is 0.504 e. The molecule has 0 aliphatic heterocycles. The van der Waals surface area contributed by atoms with Gasteiger partial charge < -0.3 is 20.1 Å². The Labute approximate surface area is 102 Å². The minimum absolute atomic E-state index is 0.135. The van der Waals surface area contributed by atoms with Gasteiger partial charge in [0.15, 0.2) is 11.5 Å². The van der Waals surface area contributed by atoms with Crippen LogP contribution in [0.4, 0.5) is 0 Å². The van der Waals surface area contributed by atoms with Crippen LogP contribution >= 0.6 is 11.6 Å². The summed E-state index contributed by atoms with van der Waals surface area (Å²) >= 11 is 5.85. The molecule has 1 aromatic heterocycles. The van der Waals surface area contributed by atoms with Crippen LogP contribution in [-0.4, -0.2) is 22.4 Å². The van der Waals surface area contributed by atoms with Gasteiger partial charge in [-0.25, -0.2) is 0 Å². The number of phenolic OH excluding ortho intramolecular Hbond substituents is 1. The van der Waals surface area contributed by atoms with Gasteiger partial charge in [0.2, 0.25) is 11.7 Å². The van der Waals surface area contributed by atoms with E-state index in [4.69, 9.17) is 26.6 Å². The highest BCUT2D eigenvalue weighted by Crippen LogP contribution is 2.40. The van der Waals surface area contributed by atoms with Gasteiger partial charge in [0, 0.05) is 0 Å². The number of halogens is 1. The molecule has 0 spiro atoms.